The number of carbonyl (C=O) groups is 3. The summed E-state index contributed by atoms with van der Waals surface area (Å²) in [6.07, 6.45) is 64.8. The third-order valence-electron chi connectivity index (χ3n) is 11.7. The second kappa shape index (κ2) is 52.7. The van der Waals surface area contributed by atoms with Crippen molar-refractivity contribution in [3.05, 3.63) is 60.8 Å². The lowest BCUT2D eigenvalue weighted by molar-refractivity contribution is -0.167. The number of hydrogen-bond donors (Lipinski definition) is 0. The van der Waals surface area contributed by atoms with Crippen molar-refractivity contribution in [2.75, 3.05) is 13.2 Å². The first-order valence-electron chi connectivity index (χ1n) is 27.3. The average Bonchev–Trinajstić information content (AvgIpc) is 3.29. The predicted octanol–water partition coefficient (Wildman–Crippen LogP) is 18.0. The molecule has 0 rings (SSSR count). The van der Waals surface area contributed by atoms with Crippen LogP contribution in [0.1, 0.15) is 271 Å². The van der Waals surface area contributed by atoms with Crippen molar-refractivity contribution in [2.24, 2.45) is 0 Å². The van der Waals surface area contributed by atoms with E-state index in [1.54, 1.807) is 0 Å². The Kier molecular flexibility index (Phi) is 50.4. The molecular formula is C58H102O6. The lowest BCUT2D eigenvalue weighted by Gasteiger charge is -2.18. The summed E-state index contributed by atoms with van der Waals surface area (Å²) in [6, 6.07) is 0. The van der Waals surface area contributed by atoms with Gasteiger partial charge in [0.25, 0.3) is 0 Å². The first-order valence-corrected chi connectivity index (χ1v) is 27.3. The van der Waals surface area contributed by atoms with E-state index in [-0.39, 0.29) is 31.1 Å². The lowest BCUT2D eigenvalue weighted by atomic mass is 10.0. The summed E-state index contributed by atoms with van der Waals surface area (Å²) in [7, 11) is 0. The fraction of sp³-hybridized carbons (Fsp3) is 0.776. The number of carbonyl (C=O) groups excluding carboxylic acids is 3. The zero-order chi connectivity index (χ0) is 46.5. The molecule has 0 bridgehead atoms. The molecule has 0 saturated carbocycles. The lowest BCUT2D eigenvalue weighted by Crippen LogP contribution is -2.30. The minimum Gasteiger partial charge on any atom is -0.462 e. The zero-order valence-corrected chi connectivity index (χ0v) is 42.3. The normalized spacial score (nSPS) is 12.5. The molecule has 1 atom stereocenters. The Labute approximate surface area is 396 Å². The van der Waals surface area contributed by atoms with E-state index < -0.39 is 6.10 Å². The van der Waals surface area contributed by atoms with Crippen LogP contribution >= 0.6 is 0 Å². The van der Waals surface area contributed by atoms with Gasteiger partial charge in [-0.15, -0.1) is 0 Å². The minimum absolute atomic E-state index is 0.0841. The van der Waals surface area contributed by atoms with Crippen LogP contribution in [-0.4, -0.2) is 37.2 Å². The Morgan fingerprint density at radius 2 is 0.562 bits per heavy atom. The van der Waals surface area contributed by atoms with Gasteiger partial charge < -0.3 is 14.2 Å². The Morgan fingerprint density at radius 3 is 0.953 bits per heavy atom. The molecule has 0 amide bonds. The number of ether oxygens (including phenoxy) is 3. The molecular weight excluding hydrogens is 793 g/mol. The van der Waals surface area contributed by atoms with Gasteiger partial charge in [0, 0.05) is 19.3 Å². The number of esters is 3. The summed E-state index contributed by atoms with van der Waals surface area (Å²) >= 11 is 0. The van der Waals surface area contributed by atoms with Crippen molar-refractivity contribution in [3.63, 3.8) is 0 Å². The Hall–Kier alpha value is -2.89. The molecule has 0 aliphatic carbocycles. The molecule has 0 N–H and O–H groups in total. The number of allylic oxidation sites excluding steroid dienone is 10. The maximum absolute atomic E-state index is 12.8. The topological polar surface area (TPSA) is 78.9 Å². The van der Waals surface area contributed by atoms with Gasteiger partial charge >= 0.3 is 17.9 Å². The highest BCUT2D eigenvalue weighted by molar-refractivity contribution is 5.71. The standard InChI is InChI=1S/C58H102O6/c1-4-7-10-13-16-19-22-25-27-28-29-30-32-33-36-39-42-45-48-51-57(60)63-54-55(53-62-56(59)50-47-44-41-38-35-24-21-18-15-12-9-6-3)64-58(61)52-49-46-43-40-37-34-31-26-23-20-17-14-11-8-5-2/h16,19-20,23,25,27,29-30,33,36,55H,4-15,17-18,21-22,24,26,28,31-32,34-35,37-54H2,1-3H3/b19-16-,23-20-,27-25-,30-29-,36-33-/t55-/m0/s1. The number of rotatable bonds is 49. The van der Waals surface area contributed by atoms with Gasteiger partial charge in [-0.3, -0.25) is 14.4 Å². The van der Waals surface area contributed by atoms with Crippen LogP contribution in [0.4, 0.5) is 0 Å². The van der Waals surface area contributed by atoms with Gasteiger partial charge in [0.1, 0.15) is 13.2 Å². The van der Waals surface area contributed by atoms with Crippen LogP contribution in [0.2, 0.25) is 0 Å². The highest BCUT2D eigenvalue weighted by Gasteiger charge is 2.19. The van der Waals surface area contributed by atoms with E-state index in [1.807, 2.05) is 0 Å². The molecule has 0 saturated heterocycles. The first kappa shape index (κ1) is 61.1. The Bertz CT molecular complexity index is 1170. The quantitative estimate of drug-likeness (QED) is 0.0262. The first-order chi connectivity index (χ1) is 31.5. The predicted molar refractivity (Wildman–Crippen MR) is 275 cm³/mol. The maximum Gasteiger partial charge on any atom is 0.306 e. The third-order valence-corrected chi connectivity index (χ3v) is 11.7. The molecule has 0 aliphatic rings. The average molecular weight is 895 g/mol. The van der Waals surface area contributed by atoms with Crippen LogP contribution in [0.25, 0.3) is 0 Å². The molecule has 6 nitrogen and oxygen atoms in total. The molecule has 0 unspecified atom stereocenters. The Morgan fingerprint density at radius 1 is 0.312 bits per heavy atom. The van der Waals surface area contributed by atoms with E-state index in [0.717, 1.165) is 83.5 Å². The number of hydrogen-bond acceptors (Lipinski definition) is 6. The van der Waals surface area contributed by atoms with Crippen LogP contribution < -0.4 is 0 Å². The molecule has 0 radical (unpaired) electrons. The molecule has 6 heteroatoms. The highest BCUT2D eigenvalue weighted by Crippen LogP contribution is 2.15. The Balaban J connectivity index is 4.42. The molecule has 0 aliphatic heterocycles. The van der Waals surface area contributed by atoms with Crippen LogP contribution in [0, 0.1) is 0 Å². The van der Waals surface area contributed by atoms with Gasteiger partial charge in [-0.2, -0.15) is 0 Å². The minimum atomic E-state index is -0.787. The maximum atomic E-state index is 12.8. The van der Waals surface area contributed by atoms with Gasteiger partial charge in [0.2, 0.25) is 0 Å². The molecule has 0 aromatic heterocycles. The fourth-order valence-corrected chi connectivity index (χ4v) is 7.60. The van der Waals surface area contributed by atoms with Crippen LogP contribution in [0.3, 0.4) is 0 Å². The molecule has 64 heavy (non-hydrogen) atoms. The zero-order valence-electron chi connectivity index (χ0n) is 42.3. The molecule has 0 fully saturated rings. The van der Waals surface area contributed by atoms with Gasteiger partial charge in [-0.1, -0.05) is 223 Å². The summed E-state index contributed by atoms with van der Waals surface area (Å²) in [6.45, 7) is 6.58. The summed E-state index contributed by atoms with van der Waals surface area (Å²) in [4.78, 5) is 38.0. The van der Waals surface area contributed by atoms with Crippen LogP contribution in [0.15, 0.2) is 60.8 Å². The molecule has 0 aromatic carbocycles. The second-order valence-corrected chi connectivity index (χ2v) is 18.1. The third kappa shape index (κ3) is 50.1. The van der Waals surface area contributed by atoms with Crippen molar-refractivity contribution in [2.45, 2.75) is 277 Å². The summed E-state index contributed by atoms with van der Waals surface area (Å²) in [5.41, 5.74) is 0. The summed E-state index contributed by atoms with van der Waals surface area (Å²) in [5, 5.41) is 0. The van der Waals surface area contributed by atoms with Crippen molar-refractivity contribution in [1.82, 2.24) is 0 Å². The van der Waals surface area contributed by atoms with Crippen LogP contribution in [0.5, 0.6) is 0 Å². The van der Waals surface area contributed by atoms with Gasteiger partial charge in [-0.25, -0.2) is 0 Å². The van der Waals surface area contributed by atoms with Crippen molar-refractivity contribution in [3.8, 4) is 0 Å². The van der Waals surface area contributed by atoms with Gasteiger partial charge in [0.05, 0.1) is 0 Å². The van der Waals surface area contributed by atoms with Gasteiger partial charge in [0.15, 0.2) is 6.10 Å². The van der Waals surface area contributed by atoms with Gasteiger partial charge in [-0.05, 0) is 89.9 Å². The number of unbranched alkanes of at least 4 members (excludes halogenated alkanes) is 28. The summed E-state index contributed by atoms with van der Waals surface area (Å²) in [5.74, 6) is -0.913. The van der Waals surface area contributed by atoms with E-state index >= 15 is 0 Å². The monoisotopic (exact) mass is 895 g/mol. The highest BCUT2D eigenvalue weighted by atomic mass is 16.6. The molecule has 370 valence electrons. The van der Waals surface area contributed by atoms with E-state index in [2.05, 4.69) is 81.5 Å². The largest absolute Gasteiger partial charge is 0.462 e. The SMILES string of the molecule is CCCCC/C=C\C/C=C\C/C=C\C/C=C\CCCCCC(=O)OC[C@H](COC(=O)CCCCCCCCCCCCCC)OC(=O)CCCCCCCCC/C=C\CCCCCC. The van der Waals surface area contributed by atoms with Crippen molar-refractivity contribution < 1.29 is 28.6 Å². The molecule has 0 heterocycles. The van der Waals surface area contributed by atoms with E-state index in [1.165, 1.54) is 148 Å². The van der Waals surface area contributed by atoms with E-state index in [9.17, 15) is 14.4 Å². The smallest absolute Gasteiger partial charge is 0.306 e. The van der Waals surface area contributed by atoms with Crippen molar-refractivity contribution >= 4 is 17.9 Å². The molecule has 0 spiro atoms. The fourth-order valence-electron chi connectivity index (χ4n) is 7.60. The van der Waals surface area contributed by atoms with Crippen LogP contribution in [-0.2, 0) is 28.6 Å². The molecule has 0 aromatic rings. The van der Waals surface area contributed by atoms with Crippen molar-refractivity contribution in [1.29, 1.82) is 0 Å². The second-order valence-electron chi connectivity index (χ2n) is 18.1. The van der Waals surface area contributed by atoms with E-state index in [4.69, 9.17) is 14.2 Å². The van der Waals surface area contributed by atoms with E-state index in [0.29, 0.717) is 19.3 Å². The summed E-state index contributed by atoms with van der Waals surface area (Å²) < 4.78 is 16.8.